The number of benzene rings is 1. The highest BCUT2D eigenvalue weighted by molar-refractivity contribution is 7.80. The van der Waals surface area contributed by atoms with Crippen LogP contribution >= 0.6 is 23.6 Å². The van der Waals surface area contributed by atoms with E-state index in [2.05, 4.69) is 10.3 Å². The third kappa shape index (κ3) is 3.92. The minimum atomic E-state index is -4.48. The second kappa shape index (κ2) is 5.98. The van der Waals surface area contributed by atoms with E-state index >= 15 is 0 Å². The first kappa shape index (κ1) is 15.7. The van der Waals surface area contributed by atoms with Crippen molar-refractivity contribution < 1.29 is 13.2 Å². The van der Waals surface area contributed by atoms with Gasteiger partial charge in [-0.3, -0.25) is 0 Å². The van der Waals surface area contributed by atoms with Crippen LogP contribution < -0.4 is 11.1 Å². The van der Waals surface area contributed by atoms with Crippen molar-refractivity contribution in [3.05, 3.63) is 45.4 Å². The maximum absolute atomic E-state index is 12.8. The fourth-order valence-corrected chi connectivity index (χ4v) is 2.57. The lowest BCUT2D eigenvalue weighted by molar-refractivity contribution is -0.137. The zero-order chi connectivity index (χ0) is 15.6. The van der Waals surface area contributed by atoms with E-state index in [1.54, 1.807) is 0 Å². The first-order valence-corrected chi connectivity index (χ1v) is 7.22. The Hall–Kier alpha value is -1.67. The Morgan fingerprint density at radius 2 is 2.14 bits per heavy atom. The molecule has 8 heteroatoms. The summed E-state index contributed by atoms with van der Waals surface area (Å²) in [6.07, 6.45) is -4.48. The van der Waals surface area contributed by atoms with Crippen LogP contribution in [0.5, 0.6) is 0 Å². The number of nitrogens with one attached hydrogen (secondary N) is 1. The van der Waals surface area contributed by atoms with E-state index in [4.69, 9.17) is 18.0 Å². The number of thiazole rings is 1. The zero-order valence-electron chi connectivity index (χ0n) is 11.0. The van der Waals surface area contributed by atoms with Crippen molar-refractivity contribution in [2.45, 2.75) is 19.6 Å². The highest BCUT2D eigenvalue weighted by atomic mass is 32.1. The maximum Gasteiger partial charge on any atom is 0.417 e. The summed E-state index contributed by atoms with van der Waals surface area (Å²) < 4.78 is 38.5. The van der Waals surface area contributed by atoms with Gasteiger partial charge >= 0.3 is 6.18 Å². The highest BCUT2D eigenvalue weighted by Crippen LogP contribution is 2.33. The van der Waals surface area contributed by atoms with Crippen LogP contribution in [0, 0.1) is 6.92 Å². The minimum Gasteiger partial charge on any atom is -0.389 e. The van der Waals surface area contributed by atoms with Gasteiger partial charge in [0, 0.05) is 16.6 Å². The quantitative estimate of drug-likeness (QED) is 0.839. The molecular weight excluding hydrogens is 319 g/mol. The van der Waals surface area contributed by atoms with E-state index in [0.29, 0.717) is 12.2 Å². The van der Waals surface area contributed by atoms with Crippen molar-refractivity contribution in [1.82, 2.24) is 4.98 Å². The van der Waals surface area contributed by atoms with Crippen LogP contribution in [0.4, 0.5) is 18.9 Å². The Labute approximate surface area is 129 Å². The first-order chi connectivity index (χ1) is 9.77. The van der Waals surface area contributed by atoms with Gasteiger partial charge in [-0.15, -0.1) is 11.3 Å². The molecule has 3 N–H and O–H groups in total. The van der Waals surface area contributed by atoms with E-state index in [0.717, 1.165) is 16.8 Å². The smallest absolute Gasteiger partial charge is 0.389 e. The van der Waals surface area contributed by atoms with Crippen LogP contribution in [0.25, 0.3) is 0 Å². The summed E-state index contributed by atoms with van der Waals surface area (Å²) in [4.78, 5) is 3.98. The number of nitrogens with zero attached hydrogens (tertiary/aromatic N) is 1. The number of hydrogen-bond donors (Lipinski definition) is 2. The average molecular weight is 331 g/mol. The summed E-state index contributed by atoms with van der Waals surface area (Å²) >= 11 is 6.21. The SMILES string of the molecule is Cc1nc(CNc2ccc(C(F)(F)F)c(C(N)=S)c2)cs1. The Balaban J connectivity index is 2.22. The number of halogens is 3. The zero-order valence-corrected chi connectivity index (χ0v) is 12.6. The number of hydrogen-bond acceptors (Lipinski definition) is 4. The summed E-state index contributed by atoms with van der Waals surface area (Å²) in [7, 11) is 0. The molecule has 1 heterocycles. The number of aromatic nitrogens is 1. The summed E-state index contributed by atoms with van der Waals surface area (Å²) in [6, 6.07) is 3.64. The van der Waals surface area contributed by atoms with Crippen molar-refractivity contribution in [2.24, 2.45) is 5.73 Å². The number of thiocarbonyl (C=S) groups is 1. The summed E-state index contributed by atoms with van der Waals surface area (Å²) in [5.74, 6) is 0. The van der Waals surface area contributed by atoms with Crippen molar-refractivity contribution >= 4 is 34.2 Å². The van der Waals surface area contributed by atoms with E-state index in [9.17, 15) is 13.2 Å². The predicted octanol–water partition coefficient (Wildman–Crippen LogP) is 3.72. The Morgan fingerprint density at radius 1 is 1.43 bits per heavy atom. The molecule has 0 aliphatic heterocycles. The molecule has 1 aromatic carbocycles. The second-order valence-corrected chi connectivity index (χ2v) is 5.84. The van der Waals surface area contributed by atoms with Gasteiger partial charge < -0.3 is 11.1 Å². The molecule has 112 valence electrons. The largest absolute Gasteiger partial charge is 0.417 e. The second-order valence-electron chi connectivity index (χ2n) is 4.33. The molecule has 0 unspecified atom stereocenters. The average Bonchev–Trinajstić information content (AvgIpc) is 2.80. The molecule has 0 radical (unpaired) electrons. The lowest BCUT2D eigenvalue weighted by Gasteiger charge is -2.14. The maximum atomic E-state index is 12.8. The normalized spacial score (nSPS) is 11.4. The number of nitrogens with two attached hydrogens (primary N) is 1. The van der Waals surface area contributed by atoms with Gasteiger partial charge in [0.15, 0.2) is 0 Å². The standard InChI is InChI=1S/C13H12F3N3S2/c1-7-19-9(6-21-7)5-18-8-2-3-11(13(14,15)16)10(4-8)12(17)20/h2-4,6,18H,5H2,1H3,(H2,17,20). The molecule has 0 saturated heterocycles. The van der Waals surface area contributed by atoms with Crippen molar-refractivity contribution in [1.29, 1.82) is 0 Å². The Morgan fingerprint density at radius 3 is 2.67 bits per heavy atom. The number of anilines is 1. The number of aryl methyl sites for hydroxylation is 1. The van der Waals surface area contributed by atoms with Crippen LogP contribution in [0.2, 0.25) is 0 Å². The van der Waals surface area contributed by atoms with E-state index in [-0.39, 0.29) is 10.6 Å². The molecule has 2 rings (SSSR count). The van der Waals surface area contributed by atoms with Crippen LogP contribution in [-0.2, 0) is 12.7 Å². The molecule has 0 fully saturated rings. The van der Waals surface area contributed by atoms with Crippen LogP contribution in [0.15, 0.2) is 23.6 Å². The topological polar surface area (TPSA) is 50.9 Å². The van der Waals surface area contributed by atoms with Crippen molar-refractivity contribution in [3.63, 3.8) is 0 Å². The van der Waals surface area contributed by atoms with Gasteiger partial charge in [-0.05, 0) is 25.1 Å². The van der Waals surface area contributed by atoms with Gasteiger partial charge in [0.2, 0.25) is 0 Å². The highest BCUT2D eigenvalue weighted by Gasteiger charge is 2.34. The lowest BCUT2D eigenvalue weighted by Crippen LogP contribution is -2.18. The molecule has 0 aliphatic carbocycles. The van der Waals surface area contributed by atoms with Crippen LogP contribution in [0.1, 0.15) is 21.8 Å². The van der Waals surface area contributed by atoms with Gasteiger partial charge in [-0.2, -0.15) is 13.2 Å². The first-order valence-electron chi connectivity index (χ1n) is 5.93. The molecule has 0 saturated carbocycles. The van der Waals surface area contributed by atoms with Crippen molar-refractivity contribution in [2.75, 3.05) is 5.32 Å². The Kier molecular flexibility index (Phi) is 4.48. The van der Waals surface area contributed by atoms with E-state index in [1.807, 2.05) is 12.3 Å². The third-order valence-corrected chi connectivity index (χ3v) is 3.77. The molecule has 1 aromatic heterocycles. The fourth-order valence-electron chi connectivity index (χ4n) is 1.79. The molecule has 2 aromatic rings. The molecule has 0 aliphatic rings. The molecule has 0 atom stereocenters. The monoisotopic (exact) mass is 331 g/mol. The molecular formula is C13H12F3N3S2. The van der Waals surface area contributed by atoms with Crippen LogP contribution in [0.3, 0.4) is 0 Å². The summed E-state index contributed by atoms with van der Waals surface area (Å²) in [6.45, 7) is 2.31. The van der Waals surface area contributed by atoms with Gasteiger partial charge in [-0.25, -0.2) is 4.98 Å². The van der Waals surface area contributed by atoms with Gasteiger partial charge in [0.05, 0.1) is 22.8 Å². The molecule has 0 bridgehead atoms. The van der Waals surface area contributed by atoms with Crippen LogP contribution in [-0.4, -0.2) is 9.97 Å². The number of rotatable bonds is 4. The van der Waals surface area contributed by atoms with Crippen molar-refractivity contribution in [3.8, 4) is 0 Å². The van der Waals surface area contributed by atoms with Gasteiger partial charge in [0.1, 0.15) is 4.99 Å². The van der Waals surface area contributed by atoms with Gasteiger partial charge in [0.25, 0.3) is 0 Å². The summed E-state index contributed by atoms with van der Waals surface area (Å²) in [5, 5.41) is 5.83. The number of alkyl halides is 3. The van der Waals surface area contributed by atoms with E-state index in [1.165, 1.54) is 23.5 Å². The Bertz CT molecular complexity index is 665. The molecule has 3 nitrogen and oxygen atoms in total. The minimum absolute atomic E-state index is 0.183. The molecule has 0 amide bonds. The third-order valence-electron chi connectivity index (χ3n) is 2.73. The fraction of sp³-hybridized carbons (Fsp3) is 0.231. The predicted molar refractivity (Wildman–Crippen MR) is 81.5 cm³/mol. The molecule has 21 heavy (non-hydrogen) atoms. The van der Waals surface area contributed by atoms with Gasteiger partial charge in [-0.1, -0.05) is 12.2 Å². The lowest BCUT2D eigenvalue weighted by atomic mass is 10.1. The summed E-state index contributed by atoms with van der Waals surface area (Å²) in [5.41, 5.74) is 5.71. The van der Waals surface area contributed by atoms with E-state index < -0.39 is 11.7 Å². The molecule has 0 spiro atoms.